The van der Waals surface area contributed by atoms with Crippen molar-refractivity contribution in [2.75, 3.05) is 42.5 Å². The van der Waals surface area contributed by atoms with Crippen LogP contribution in [0, 0.1) is 5.82 Å². The number of piperazine rings is 1. The summed E-state index contributed by atoms with van der Waals surface area (Å²) in [5.41, 5.74) is 0.652. The topological polar surface area (TPSA) is 99.3 Å². The van der Waals surface area contributed by atoms with Gasteiger partial charge >= 0.3 is 6.09 Å². The Kier molecular flexibility index (Phi) is 6.52. The smallest absolute Gasteiger partial charge is 0.416 e. The van der Waals surface area contributed by atoms with Gasteiger partial charge in [0, 0.05) is 32.6 Å². The molecule has 176 valence electrons. The van der Waals surface area contributed by atoms with Crippen LogP contribution in [0.15, 0.2) is 53.4 Å². The number of nitrogens with one attached hydrogen (secondary N) is 1. The summed E-state index contributed by atoms with van der Waals surface area (Å²) < 4.78 is 47.1. The van der Waals surface area contributed by atoms with Crippen LogP contribution in [0.25, 0.3) is 0 Å². The Morgan fingerprint density at radius 3 is 2.45 bits per heavy atom. The van der Waals surface area contributed by atoms with E-state index >= 15 is 0 Å². The van der Waals surface area contributed by atoms with Gasteiger partial charge in [-0.1, -0.05) is 25.1 Å². The molecule has 1 atom stereocenters. The number of hydrogen-bond donors (Lipinski definition) is 1. The molecule has 2 fully saturated rings. The number of carbonyl (C=O) groups excluding carboxylic acids is 2. The van der Waals surface area contributed by atoms with Crippen LogP contribution in [0.1, 0.15) is 13.3 Å². The first kappa shape index (κ1) is 23.0. The number of rotatable bonds is 6. The van der Waals surface area contributed by atoms with Crippen molar-refractivity contribution in [2.45, 2.75) is 24.5 Å². The number of nitrogens with zero attached hydrogens (tertiary/aromatic N) is 3. The number of cyclic esters (lactones) is 1. The molecule has 11 heteroatoms. The van der Waals surface area contributed by atoms with Crippen LogP contribution in [-0.2, 0) is 19.6 Å². The molecule has 4 rings (SSSR count). The minimum absolute atomic E-state index is 0.0827. The predicted octanol–water partition coefficient (Wildman–Crippen LogP) is 2.15. The van der Waals surface area contributed by atoms with Gasteiger partial charge in [0.15, 0.2) is 6.23 Å². The van der Waals surface area contributed by atoms with Gasteiger partial charge in [0.05, 0.1) is 22.8 Å². The highest BCUT2D eigenvalue weighted by molar-refractivity contribution is 7.89. The van der Waals surface area contributed by atoms with Crippen LogP contribution in [-0.4, -0.2) is 63.7 Å². The number of hydrogen-bond acceptors (Lipinski definition) is 6. The third-order valence-corrected chi connectivity index (χ3v) is 7.57. The summed E-state index contributed by atoms with van der Waals surface area (Å²) in [7, 11) is -3.59. The number of anilines is 2. The summed E-state index contributed by atoms with van der Waals surface area (Å²) in [6, 6.07) is 12.6. The monoisotopic (exact) mass is 476 g/mol. The van der Waals surface area contributed by atoms with Crippen molar-refractivity contribution in [3.05, 3.63) is 54.3 Å². The predicted molar refractivity (Wildman–Crippen MR) is 120 cm³/mol. The normalized spacial score (nSPS) is 19.5. The zero-order chi connectivity index (χ0) is 23.6. The molecule has 0 bridgehead atoms. The van der Waals surface area contributed by atoms with Crippen LogP contribution in [0.5, 0.6) is 0 Å². The third kappa shape index (κ3) is 4.79. The SMILES string of the molecule is CCC(=O)N[C@@H]1CN(c2ccc(N3CCN(S(=O)(=O)c4ccccc4)CC3)c(F)c2)C(=O)O1. The standard InChI is InChI=1S/C22H25FN4O5S/c1-2-20(28)24-21-15-27(22(29)32-21)16-8-9-19(18(23)14-16)25-10-12-26(13-11-25)33(30,31)17-6-4-3-5-7-17/h3-9,14,21H,2,10-13,15H2,1H3,(H,24,28)/t21-/m0/s1. The Bertz CT molecular complexity index is 1140. The fourth-order valence-electron chi connectivity index (χ4n) is 3.86. The highest BCUT2D eigenvalue weighted by Gasteiger charge is 2.34. The molecule has 2 aromatic carbocycles. The lowest BCUT2D eigenvalue weighted by atomic mass is 10.2. The first-order chi connectivity index (χ1) is 15.8. The van der Waals surface area contributed by atoms with Crippen molar-refractivity contribution in [3.63, 3.8) is 0 Å². The fraction of sp³-hybridized carbons (Fsp3) is 0.364. The van der Waals surface area contributed by atoms with Gasteiger partial charge < -0.3 is 15.0 Å². The molecule has 0 saturated carbocycles. The van der Waals surface area contributed by atoms with Gasteiger partial charge in [-0.15, -0.1) is 0 Å². The molecule has 0 radical (unpaired) electrons. The van der Waals surface area contributed by atoms with E-state index in [0.717, 1.165) is 0 Å². The van der Waals surface area contributed by atoms with E-state index in [1.807, 2.05) is 0 Å². The van der Waals surface area contributed by atoms with Crippen molar-refractivity contribution in [1.82, 2.24) is 9.62 Å². The molecule has 33 heavy (non-hydrogen) atoms. The summed E-state index contributed by atoms with van der Waals surface area (Å²) in [5, 5.41) is 2.59. The number of carbonyl (C=O) groups is 2. The minimum Gasteiger partial charge on any atom is -0.423 e. The summed E-state index contributed by atoms with van der Waals surface area (Å²) in [6.45, 7) is 2.90. The highest BCUT2D eigenvalue weighted by atomic mass is 32.2. The molecule has 0 unspecified atom stereocenters. The molecule has 9 nitrogen and oxygen atoms in total. The van der Waals surface area contributed by atoms with E-state index < -0.39 is 28.2 Å². The van der Waals surface area contributed by atoms with Crippen LogP contribution in [0.3, 0.4) is 0 Å². The van der Waals surface area contributed by atoms with Crippen molar-refractivity contribution in [3.8, 4) is 0 Å². The van der Waals surface area contributed by atoms with Gasteiger partial charge in [-0.25, -0.2) is 17.6 Å². The second kappa shape index (κ2) is 9.36. The summed E-state index contributed by atoms with van der Waals surface area (Å²) in [6.07, 6.45) is -1.19. The average Bonchev–Trinajstić information content (AvgIpc) is 3.19. The summed E-state index contributed by atoms with van der Waals surface area (Å²) in [5.74, 6) is -0.773. The second-order valence-electron chi connectivity index (χ2n) is 7.74. The lowest BCUT2D eigenvalue weighted by Crippen LogP contribution is -2.48. The molecule has 2 aliphatic rings. The first-order valence-electron chi connectivity index (χ1n) is 10.7. The Labute approximate surface area is 191 Å². The first-order valence-corrected chi connectivity index (χ1v) is 12.1. The third-order valence-electron chi connectivity index (χ3n) is 5.66. The largest absolute Gasteiger partial charge is 0.423 e. The van der Waals surface area contributed by atoms with Crippen molar-refractivity contribution < 1.29 is 27.1 Å². The van der Waals surface area contributed by atoms with Gasteiger partial charge in [0.25, 0.3) is 0 Å². The maximum atomic E-state index is 15.0. The van der Waals surface area contributed by atoms with E-state index in [-0.39, 0.29) is 36.9 Å². The van der Waals surface area contributed by atoms with Crippen LogP contribution >= 0.6 is 0 Å². The zero-order valence-electron chi connectivity index (χ0n) is 18.1. The maximum Gasteiger partial charge on any atom is 0.416 e. The van der Waals surface area contributed by atoms with Gasteiger partial charge in [-0.3, -0.25) is 9.69 Å². The number of benzene rings is 2. The Morgan fingerprint density at radius 1 is 1.12 bits per heavy atom. The molecular formula is C22H25FN4O5S. The fourth-order valence-corrected chi connectivity index (χ4v) is 5.30. The van der Waals surface area contributed by atoms with E-state index in [1.54, 1.807) is 54.3 Å². The molecule has 2 aromatic rings. The van der Waals surface area contributed by atoms with E-state index in [2.05, 4.69) is 5.32 Å². The Balaban J connectivity index is 1.41. The Morgan fingerprint density at radius 2 is 1.82 bits per heavy atom. The molecule has 0 spiro atoms. The van der Waals surface area contributed by atoms with Gasteiger partial charge in [0.1, 0.15) is 5.82 Å². The van der Waals surface area contributed by atoms with Gasteiger partial charge in [0.2, 0.25) is 15.9 Å². The maximum absolute atomic E-state index is 15.0. The number of amides is 2. The van der Waals surface area contributed by atoms with Gasteiger partial charge in [-0.05, 0) is 30.3 Å². The number of halogens is 1. The number of ether oxygens (including phenoxy) is 1. The molecule has 0 aromatic heterocycles. The molecular weight excluding hydrogens is 451 g/mol. The van der Waals surface area contributed by atoms with Crippen molar-refractivity contribution in [2.24, 2.45) is 0 Å². The lowest BCUT2D eigenvalue weighted by molar-refractivity contribution is -0.123. The quantitative estimate of drug-likeness (QED) is 0.686. The molecule has 2 aliphatic heterocycles. The molecule has 2 amide bonds. The van der Waals surface area contributed by atoms with Crippen LogP contribution in [0.2, 0.25) is 0 Å². The molecule has 2 saturated heterocycles. The Hall–Kier alpha value is -3.18. The molecule has 1 N–H and O–H groups in total. The number of sulfonamides is 1. The van der Waals surface area contributed by atoms with E-state index in [1.165, 1.54) is 15.3 Å². The summed E-state index contributed by atoms with van der Waals surface area (Å²) in [4.78, 5) is 27.0. The van der Waals surface area contributed by atoms with Crippen molar-refractivity contribution in [1.29, 1.82) is 0 Å². The molecule has 2 heterocycles. The van der Waals surface area contributed by atoms with Crippen molar-refractivity contribution >= 4 is 33.4 Å². The zero-order valence-corrected chi connectivity index (χ0v) is 18.9. The van der Waals surface area contributed by atoms with E-state index in [9.17, 15) is 22.4 Å². The van der Waals surface area contributed by atoms with Gasteiger partial charge in [-0.2, -0.15) is 4.31 Å². The van der Waals surface area contributed by atoms with E-state index in [4.69, 9.17) is 4.74 Å². The van der Waals surface area contributed by atoms with E-state index in [0.29, 0.717) is 24.5 Å². The second-order valence-corrected chi connectivity index (χ2v) is 9.68. The van der Waals surface area contributed by atoms with Crippen LogP contribution in [0.4, 0.5) is 20.6 Å². The summed E-state index contributed by atoms with van der Waals surface area (Å²) >= 11 is 0. The molecule has 0 aliphatic carbocycles. The lowest BCUT2D eigenvalue weighted by Gasteiger charge is -2.35. The average molecular weight is 477 g/mol. The minimum atomic E-state index is -3.59. The van der Waals surface area contributed by atoms with Crippen LogP contribution < -0.4 is 15.1 Å². The highest BCUT2D eigenvalue weighted by Crippen LogP contribution is 2.29.